The Morgan fingerprint density at radius 2 is 1.95 bits per heavy atom. The maximum Gasteiger partial charge on any atom is 0.354 e. The van der Waals surface area contributed by atoms with Gasteiger partial charge < -0.3 is 9.30 Å². The van der Waals surface area contributed by atoms with Gasteiger partial charge in [0.15, 0.2) is 0 Å². The van der Waals surface area contributed by atoms with Crippen molar-refractivity contribution in [1.29, 1.82) is 0 Å². The molecule has 98 valence electrons. The Labute approximate surface area is 113 Å². The third-order valence-corrected chi connectivity index (χ3v) is 3.04. The molecule has 0 aliphatic heterocycles. The first-order valence-corrected chi connectivity index (χ1v) is 6.10. The topological polar surface area (TPSA) is 31.2 Å². The number of allylic oxidation sites excluding steroid dienone is 1. The predicted molar refractivity (Wildman–Crippen MR) is 76.7 cm³/mol. The number of aryl methyl sites for hydroxylation is 1. The van der Waals surface area contributed by atoms with E-state index in [0.717, 1.165) is 16.7 Å². The maximum atomic E-state index is 11.6. The lowest BCUT2D eigenvalue weighted by atomic mass is 10.1. The molecule has 0 N–H and O–H groups in total. The second kappa shape index (κ2) is 5.57. The van der Waals surface area contributed by atoms with Crippen LogP contribution in [-0.4, -0.2) is 17.6 Å². The minimum atomic E-state index is -0.318. The normalized spacial score (nSPS) is 11.4. The summed E-state index contributed by atoms with van der Waals surface area (Å²) >= 11 is 0. The summed E-state index contributed by atoms with van der Waals surface area (Å²) in [6.45, 7) is 2.03. The summed E-state index contributed by atoms with van der Waals surface area (Å²) in [6.07, 6.45) is 4.03. The van der Waals surface area contributed by atoms with Gasteiger partial charge in [0.1, 0.15) is 5.69 Å². The summed E-state index contributed by atoms with van der Waals surface area (Å²) in [5, 5.41) is 0. The van der Waals surface area contributed by atoms with Crippen molar-refractivity contribution in [3.8, 4) is 0 Å². The van der Waals surface area contributed by atoms with Crippen molar-refractivity contribution in [2.24, 2.45) is 7.05 Å². The molecule has 0 aliphatic rings. The Hall–Kier alpha value is -2.29. The summed E-state index contributed by atoms with van der Waals surface area (Å²) in [6, 6.07) is 11.9. The number of benzene rings is 1. The highest BCUT2D eigenvalue weighted by molar-refractivity contribution is 5.90. The number of ether oxygens (including phenoxy) is 1. The second-order valence-electron chi connectivity index (χ2n) is 4.45. The number of nitrogens with zero attached hydrogens (tertiary/aromatic N) is 1. The Bertz CT molecular complexity index is 609. The van der Waals surface area contributed by atoms with Gasteiger partial charge in [-0.15, -0.1) is 0 Å². The van der Waals surface area contributed by atoms with Gasteiger partial charge in [0, 0.05) is 13.2 Å². The molecule has 0 saturated carbocycles. The number of esters is 1. The van der Waals surface area contributed by atoms with Crippen molar-refractivity contribution in [2.45, 2.75) is 6.92 Å². The Kier molecular flexibility index (Phi) is 3.85. The minimum Gasteiger partial charge on any atom is -0.464 e. The molecular weight excluding hydrogens is 238 g/mol. The van der Waals surface area contributed by atoms with Crippen molar-refractivity contribution in [3.63, 3.8) is 0 Å². The third kappa shape index (κ3) is 2.94. The van der Waals surface area contributed by atoms with Gasteiger partial charge in [-0.2, -0.15) is 0 Å². The molecule has 0 bridgehead atoms. The number of rotatable bonds is 3. The molecular formula is C16H17NO2. The molecule has 0 saturated heterocycles. The van der Waals surface area contributed by atoms with E-state index in [0.29, 0.717) is 5.69 Å². The quantitative estimate of drug-likeness (QED) is 0.787. The van der Waals surface area contributed by atoms with Crippen molar-refractivity contribution < 1.29 is 9.53 Å². The van der Waals surface area contributed by atoms with Gasteiger partial charge in [-0.25, -0.2) is 4.79 Å². The van der Waals surface area contributed by atoms with E-state index in [1.807, 2.05) is 56.6 Å². The van der Waals surface area contributed by atoms with Crippen LogP contribution in [0.1, 0.15) is 28.5 Å². The SMILES string of the molecule is COC(=O)c1cc(C(C)=Cc2ccccc2)cn1C. The summed E-state index contributed by atoms with van der Waals surface area (Å²) < 4.78 is 6.53. The molecule has 1 aromatic heterocycles. The first-order valence-electron chi connectivity index (χ1n) is 6.10. The van der Waals surface area contributed by atoms with Crippen LogP contribution < -0.4 is 0 Å². The van der Waals surface area contributed by atoms with Crippen LogP contribution >= 0.6 is 0 Å². The zero-order valence-electron chi connectivity index (χ0n) is 11.4. The molecule has 0 atom stereocenters. The van der Waals surface area contributed by atoms with E-state index in [9.17, 15) is 4.79 Å². The van der Waals surface area contributed by atoms with Crippen LogP contribution in [0.15, 0.2) is 42.6 Å². The average Bonchev–Trinajstić information content (AvgIpc) is 2.81. The molecule has 2 rings (SSSR count). The number of carbonyl (C=O) groups excluding carboxylic acids is 1. The fourth-order valence-electron chi connectivity index (χ4n) is 1.97. The number of aromatic nitrogens is 1. The van der Waals surface area contributed by atoms with Crippen LogP contribution in [0.5, 0.6) is 0 Å². The fraction of sp³-hybridized carbons (Fsp3) is 0.188. The first-order chi connectivity index (χ1) is 9.11. The highest BCUT2D eigenvalue weighted by atomic mass is 16.5. The van der Waals surface area contributed by atoms with Gasteiger partial charge in [-0.05, 0) is 29.7 Å². The molecule has 3 nitrogen and oxygen atoms in total. The van der Waals surface area contributed by atoms with Crippen LogP contribution in [0.4, 0.5) is 0 Å². The standard InChI is InChI=1S/C16H17NO2/c1-12(9-13-7-5-4-6-8-13)14-10-15(16(18)19-3)17(2)11-14/h4-11H,1-3H3. The lowest BCUT2D eigenvalue weighted by Gasteiger charge is -1.98. The third-order valence-electron chi connectivity index (χ3n) is 3.04. The minimum absolute atomic E-state index is 0.318. The van der Waals surface area contributed by atoms with Gasteiger partial charge in [0.25, 0.3) is 0 Å². The van der Waals surface area contributed by atoms with E-state index in [1.165, 1.54) is 7.11 Å². The van der Waals surface area contributed by atoms with Crippen molar-refractivity contribution in [1.82, 2.24) is 4.57 Å². The van der Waals surface area contributed by atoms with Gasteiger partial charge in [-0.3, -0.25) is 0 Å². The highest BCUT2D eigenvalue weighted by Crippen LogP contribution is 2.20. The number of hydrogen-bond acceptors (Lipinski definition) is 2. The Morgan fingerprint density at radius 1 is 1.26 bits per heavy atom. The summed E-state index contributed by atoms with van der Waals surface area (Å²) in [5.41, 5.74) is 3.82. The van der Waals surface area contributed by atoms with Gasteiger partial charge >= 0.3 is 5.97 Å². The molecule has 19 heavy (non-hydrogen) atoms. The van der Waals surface area contributed by atoms with Gasteiger partial charge in [-0.1, -0.05) is 36.4 Å². The molecule has 0 radical (unpaired) electrons. The number of hydrogen-bond donors (Lipinski definition) is 0. The molecule has 0 fully saturated rings. The monoisotopic (exact) mass is 255 g/mol. The summed E-state index contributed by atoms with van der Waals surface area (Å²) in [5.74, 6) is -0.318. The summed E-state index contributed by atoms with van der Waals surface area (Å²) in [7, 11) is 3.23. The predicted octanol–water partition coefficient (Wildman–Crippen LogP) is 3.37. The summed E-state index contributed by atoms with van der Waals surface area (Å²) in [4.78, 5) is 11.6. The number of carbonyl (C=O) groups is 1. The molecule has 0 spiro atoms. The molecule has 0 aliphatic carbocycles. The zero-order chi connectivity index (χ0) is 13.8. The molecule has 1 heterocycles. The molecule has 3 heteroatoms. The average molecular weight is 255 g/mol. The van der Waals surface area contributed by atoms with E-state index in [4.69, 9.17) is 4.74 Å². The van der Waals surface area contributed by atoms with Crippen LogP contribution in [0.3, 0.4) is 0 Å². The first kappa shape index (κ1) is 13.1. The zero-order valence-corrected chi connectivity index (χ0v) is 11.4. The number of methoxy groups -OCH3 is 1. The van der Waals surface area contributed by atoms with E-state index in [2.05, 4.69) is 6.08 Å². The van der Waals surface area contributed by atoms with Gasteiger partial charge in [0.05, 0.1) is 7.11 Å². The molecule has 2 aromatic rings. The largest absolute Gasteiger partial charge is 0.464 e. The van der Waals surface area contributed by atoms with E-state index < -0.39 is 0 Å². The van der Waals surface area contributed by atoms with Crippen LogP contribution in [0, 0.1) is 0 Å². The lowest BCUT2D eigenvalue weighted by Crippen LogP contribution is -2.06. The smallest absolute Gasteiger partial charge is 0.354 e. The molecule has 0 amide bonds. The molecule has 1 aromatic carbocycles. The van der Waals surface area contributed by atoms with E-state index in [-0.39, 0.29) is 5.97 Å². The lowest BCUT2D eigenvalue weighted by molar-refractivity contribution is 0.0590. The van der Waals surface area contributed by atoms with Crippen LogP contribution in [0.2, 0.25) is 0 Å². The highest BCUT2D eigenvalue weighted by Gasteiger charge is 2.12. The van der Waals surface area contributed by atoms with Crippen molar-refractivity contribution in [2.75, 3.05) is 7.11 Å². The Balaban J connectivity index is 2.32. The second-order valence-corrected chi connectivity index (χ2v) is 4.45. The van der Waals surface area contributed by atoms with E-state index >= 15 is 0 Å². The Morgan fingerprint density at radius 3 is 2.58 bits per heavy atom. The van der Waals surface area contributed by atoms with Crippen molar-refractivity contribution >= 4 is 17.6 Å². The van der Waals surface area contributed by atoms with Crippen molar-refractivity contribution in [3.05, 3.63) is 59.4 Å². The van der Waals surface area contributed by atoms with Crippen LogP contribution in [-0.2, 0) is 11.8 Å². The van der Waals surface area contributed by atoms with Crippen LogP contribution in [0.25, 0.3) is 11.6 Å². The fourth-order valence-corrected chi connectivity index (χ4v) is 1.97. The molecule has 0 unspecified atom stereocenters. The van der Waals surface area contributed by atoms with Gasteiger partial charge in [0.2, 0.25) is 0 Å². The van der Waals surface area contributed by atoms with E-state index in [1.54, 1.807) is 4.57 Å². The maximum absolute atomic E-state index is 11.6.